The molecule has 0 aromatic carbocycles. The van der Waals surface area contributed by atoms with Gasteiger partial charge < -0.3 is 15.0 Å². The molecule has 0 aliphatic heterocycles. The van der Waals surface area contributed by atoms with E-state index in [9.17, 15) is 4.79 Å². The number of carbonyl (C=O) groups is 1. The van der Waals surface area contributed by atoms with Gasteiger partial charge in [-0.3, -0.25) is 9.78 Å². The van der Waals surface area contributed by atoms with E-state index in [1.165, 1.54) is 7.11 Å². The zero-order valence-electron chi connectivity index (χ0n) is 12.6. The third kappa shape index (κ3) is 6.12. The number of esters is 1. The topological polar surface area (TPSA) is 54.5 Å². The van der Waals surface area contributed by atoms with Crippen LogP contribution in [0.3, 0.4) is 0 Å². The standard InChI is InChI=1S/C15H25N3O2/c1-4-16-14(15(19)20-3)9-12-18(2)11-8-13-7-5-6-10-17-13/h5-7,10,14,16H,4,8-9,11-12H2,1-3H3. The first-order valence-electron chi connectivity index (χ1n) is 7.07. The summed E-state index contributed by atoms with van der Waals surface area (Å²) in [7, 11) is 3.49. The van der Waals surface area contributed by atoms with Crippen LogP contribution >= 0.6 is 0 Å². The van der Waals surface area contributed by atoms with Crippen molar-refractivity contribution in [2.24, 2.45) is 0 Å². The first kappa shape index (κ1) is 16.6. The maximum Gasteiger partial charge on any atom is 0.322 e. The van der Waals surface area contributed by atoms with Crippen molar-refractivity contribution >= 4 is 5.97 Å². The SMILES string of the molecule is CCNC(CCN(C)CCc1ccccn1)C(=O)OC. The van der Waals surface area contributed by atoms with E-state index in [0.29, 0.717) is 0 Å². The molecule has 1 N–H and O–H groups in total. The fraction of sp³-hybridized carbons (Fsp3) is 0.600. The van der Waals surface area contributed by atoms with Crippen LogP contribution in [0.1, 0.15) is 19.0 Å². The number of aromatic nitrogens is 1. The molecule has 0 amide bonds. The van der Waals surface area contributed by atoms with Gasteiger partial charge in [-0.1, -0.05) is 13.0 Å². The molecule has 5 nitrogen and oxygen atoms in total. The minimum Gasteiger partial charge on any atom is -0.468 e. The maximum absolute atomic E-state index is 11.6. The number of carbonyl (C=O) groups excluding carboxylic acids is 1. The van der Waals surface area contributed by atoms with E-state index in [1.807, 2.05) is 31.3 Å². The summed E-state index contributed by atoms with van der Waals surface area (Å²) in [6.45, 7) is 4.52. The van der Waals surface area contributed by atoms with Gasteiger partial charge in [-0.2, -0.15) is 0 Å². The molecule has 0 aliphatic rings. The molecule has 0 bridgehead atoms. The van der Waals surface area contributed by atoms with Gasteiger partial charge in [-0.15, -0.1) is 0 Å². The van der Waals surface area contributed by atoms with E-state index in [4.69, 9.17) is 4.74 Å². The molecule has 0 spiro atoms. The van der Waals surface area contributed by atoms with Gasteiger partial charge in [0.1, 0.15) is 6.04 Å². The molecule has 112 valence electrons. The molecule has 0 fully saturated rings. The molecule has 0 saturated carbocycles. The average molecular weight is 279 g/mol. The van der Waals surface area contributed by atoms with Crippen LogP contribution in [0.15, 0.2) is 24.4 Å². The van der Waals surface area contributed by atoms with Crippen molar-refractivity contribution < 1.29 is 9.53 Å². The second-order valence-corrected chi connectivity index (χ2v) is 4.80. The van der Waals surface area contributed by atoms with Crippen molar-refractivity contribution in [1.29, 1.82) is 0 Å². The summed E-state index contributed by atoms with van der Waals surface area (Å²) in [5.41, 5.74) is 1.09. The second-order valence-electron chi connectivity index (χ2n) is 4.80. The van der Waals surface area contributed by atoms with Gasteiger partial charge >= 0.3 is 5.97 Å². The predicted molar refractivity (Wildman–Crippen MR) is 79.5 cm³/mol. The molecule has 0 radical (unpaired) electrons. The number of rotatable bonds is 9. The fourth-order valence-electron chi connectivity index (χ4n) is 2.00. The minimum atomic E-state index is -0.220. The van der Waals surface area contributed by atoms with Crippen LogP contribution in [-0.4, -0.2) is 55.7 Å². The quantitative estimate of drug-likeness (QED) is 0.686. The van der Waals surface area contributed by atoms with Gasteiger partial charge in [-0.25, -0.2) is 0 Å². The fourth-order valence-corrected chi connectivity index (χ4v) is 2.00. The summed E-state index contributed by atoms with van der Waals surface area (Å²) >= 11 is 0. The van der Waals surface area contributed by atoms with Crippen LogP contribution in [0.5, 0.6) is 0 Å². The Bertz CT molecular complexity index is 384. The molecule has 0 aliphatic carbocycles. The van der Waals surface area contributed by atoms with Crippen LogP contribution < -0.4 is 5.32 Å². The molecular formula is C15H25N3O2. The Kier molecular flexibility index (Phi) is 7.84. The van der Waals surface area contributed by atoms with Crippen molar-refractivity contribution in [3.8, 4) is 0 Å². The van der Waals surface area contributed by atoms with Crippen molar-refractivity contribution in [3.63, 3.8) is 0 Å². The number of nitrogens with zero attached hydrogens (tertiary/aromatic N) is 2. The summed E-state index contributed by atoms with van der Waals surface area (Å²) in [5, 5.41) is 3.15. The number of pyridine rings is 1. The van der Waals surface area contributed by atoms with Gasteiger partial charge in [0.2, 0.25) is 0 Å². The summed E-state index contributed by atoms with van der Waals surface area (Å²) in [4.78, 5) is 18.1. The Labute approximate surface area is 121 Å². The monoisotopic (exact) mass is 279 g/mol. The van der Waals surface area contributed by atoms with Crippen LogP contribution in [0.25, 0.3) is 0 Å². The molecule has 1 unspecified atom stereocenters. The normalized spacial score (nSPS) is 12.4. The van der Waals surface area contributed by atoms with E-state index in [2.05, 4.69) is 22.2 Å². The Balaban J connectivity index is 2.30. The van der Waals surface area contributed by atoms with Crippen LogP contribution in [0.2, 0.25) is 0 Å². The lowest BCUT2D eigenvalue weighted by atomic mass is 10.2. The molecule has 0 saturated heterocycles. The number of nitrogens with one attached hydrogen (secondary N) is 1. The van der Waals surface area contributed by atoms with Crippen molar-refractivity contribution in [2.45, 2.75) is 25.8 Å². The summed E-state index contributed by atoms with van der Waals surface area (Å²) in [6, 6.07) is 5.73. The lowest BCUT2D eigenvalue weighted by molar-refractivity contribution is -0.143. The second kappa shape index (κ2) is 9.44. The largest absolute Gasteiger partial charge is 0.468 e. The summed E-state index contributed by atoms with van der Waals surface area (Å²) in [6.07, 6.45) is 3.48. The Morgan fingerprint density at radius 3 is 2.85 bits per heavy atom. The smallest absolute Gasteiger partial charge is 0.322 e. The molecule has 20 heavy (non-hydrogen) atoms. The highest BCUT2D eigenvalue weighted by Crippen LogP contribution is 2.00. The van der Waals surface area contributed by atoms with E-state index in [-0.39, 0.29) is 12.0 Å². The number of hydrogen-bond acceptors (Lipinski definition) is 5. The zero-order valence-corrected chi connectivity index (χ0v) is 12.6. The predicted octanol–water partition coefficient (Wildman–Crippen LogP) is 1.10. The highest BCUT2D eigenvalue weighted by Gasteiger charge is 2.17. The van der Waals surface area contributed by atoms with E-state index in [1.54, 1.807) is 0 Å². The number of likely N-dealkylation sites (N-methyl/N-ethyl adjacent to an activating group) is 2. The molecule has 1 aromatic rings. The molecule has 1 atom stereocenters. The zero-order chi connectivity index (χ0) is 14.8. The van der Waals surface area contributed by atoms with E-state index >= 15 is 0 Å². The lowest BCUT2D eigenvalue weighted by Gasteiger charge is -2.20. The third-order valence-electron chi connectivity index (χ3n) is 3.21. The minimum absolute atomic E-state index is 0.190. The van der Waals surface area contributed by atoms with Crippen molar-refractivity contribution in [2.75, 3.05) is 33.8 Å². The first-order chi connectivity index (χ1) is 9.67. The highest BCUT2D eigenvalue weighted by molar-refractivity contribution is 5.75. The molecule has 1 heterocycles. The number of hydrogen-bond donors (Lipinski definition) is 1. The van der Waals surface area contributed by atoms with Crippen molar-refractivity contribution in [3.05, 3.63) is 30.1 Å². The van der Waals surface area contributed by atoms with Gasteiger partial charge in [0.05, 0.1) is 7.11 Å². The molecule has 5 heteroatoms. The summed E-state index contributed by atoms with van der Waals surface area (Å²) in [5.74, 6) is -0.190. The van der Waals surface area contributed by atoms with Gasteiger partial charge in [0.25, 0.3) is 0 Å². The lowest BCUT2D eigenvalue weighted by Crippen LogP contribution is -2.40. The maximum atomic E-state index is 11.6. The van der Waals surface area contributed by atoms with Crippen LogP contribution in [-0.2, 0) is 16.0 Å². The van der Waals surface area contributed by atoms with Gasteiger partial charge in [0, 0.05) is 24.9 Å². The molecular weight excluding hydrogens is 254 g/mol. The summed E-state index contributed by atoms with van der Waals surface area (Å²) < 4.78 is 4.80. The van der Waals surface area contributed by atoms with Gasteiger partial charge in [-0.05, 0) is 38.7 Å². The Morgan fingerprint density at radius 1 is 1.45 bits per heavy atom. The first-order valence-corrected chi connectivity index (χ1v) is 7.07. The number of ether oxygens (including phenoxy) is 1. The average Bonchev–Trinajstić information content (AvgIpc) is 2.49. The highest BCUT2D eigenvalue weighted by atomic mass is 16.5. The van der Waals surface area contributed by atoms with Gasteiger partial charge in [0.15, 0.2) is 0 Å². The Morgan fingerprint density at radius 2 is 2.25 bits per heavy atom. The Hall–Kier alpha value is -1.46. The van der Waals surface area contributed by atoms with E-state index < -0.39 is 0 Å². The molecule has 1 rings (SSSR count). The van der Waals surface area contributed by atoms with Crippen LogP contribution in [0.4, 0.5) is 0 Å². The van der Waals surface area contributed by atoms with Crippen molar-refractivity contribution in [1.82, 2.24) is 15.2 Å². The third-order valence-corrected chi connectivity index (χ3v) is 3.21. The molecule has 1 aromatic heterocycles. The van der Waals surface area contributed by atoms with E-state index in [0.717, 1.165) is 38.2 Å². The number of methoxy groups -OCH3 is 1. The van der Waals surface area contributed by atoms with Crippen LogP contribution in [0, 0.1) is 0 Å².